The molecule has 7 nitrogen and oxygen atoms in total. The molecule has 0 spiro atoms. The summed E-state index contributed by atoms with van der Waals surface area (Å²) in [7, 11) is 1.48. The number of benzene rings is 1. The number of aliphatic carboxylic acids is 1. The maximum atomic E-state index is 13.1. The first-order valence-corrected chi connectivity index (χ1v) is 17.8. The predicted molar refractivity (Wildman–Crippen MR) is 182 cm³/mol. The van der Waals surface area contributed by atoms with E-state index in [4.69, 9.17) is 9.47 Å². The van der Waals surface area contributed by atoms with Crippen molar-refractivity contribution in [3.8, 4) is 11.5 Å². The maximum absolute atomic E-state index is 13.1. The summed E-state index contributed by atoms with van der Waals surface area (Å²) in [5.41, 5.74) is 0.686. The van der Waals surface area contributed by atoms with Crippen molar-refractivity contribution in [3.63, 3.8) is 0 Å². The molecule has 0 radical (unpaired) electrons. The molecule has 11 atom stereocenters. The summed E-state index contributed by atoms with van der Waals surface area (Å²) in [6.45, 7) is 16.2. The van der Waals surface area contributed by atoms with Crippen LogP contribution in [0, 0.1) is 56.7 Å². The largest absolute Gasteiger partial charge is 0.504 e. The molecule has 0 amide bonds. The highest BCUT2D eigenvalue weighted by Crippen LogP contribution is 2.75. The lowest BCUT2D eigenvalue weighted by Gasteiger charge is -2.71. The van der Waals surface area contributed by atoms with Crippen LogP contribution in [-0.2, 0) is 14.3 Å². The lowest BCUT2D eigenvalue weighted by molar-refractivity contribution is -0.238. The molecule has 4 saturated carbocycles. The molecule has 258 valence electrons. The highest BCUT2D eigenvalue weighted by molar-refractivity contribution is 5.87. The third kappa shape index (κ3) is 4.83. The third-order valence-electron chi connectivity index (χ3n) is 15.2. The van der Waals surface area contributed by atoms with E-state index in [1.807, 2.05) is 0 Å². The zero-order valence-electron chi connectivity index (χ0n) is 29.6. The number of methoxy groups -OCH3 is 1. The van der Waals surface area contributed by atoms with Crippen molar-refractivity contribution in [2.45, 2.75) is 112 Å². The van der Waals surface area contributed by atoms with Crippen LogP contribution in [0.3, 0.4) is 0 Å². The van der Waals surface area contributed by atoms with E-state index >= 15 is 0 Å². The van der Waals surface area contributed by atoms with E-state index in [0.29, 0.717) is 35.5 Å². The van der Waals surface area contributed by atoms with Crippen LogP contribution < -0.4 is 4.74 Å². The zero-order valence-corrected chi connectivity index (χ0v) is 29.6. The number of carbonyl (C=O) groups excluding carboxylic acids is 1. The minimum absolute atomic E-state index is 0.0272. The monoisotopic (exact) mass is 648 g/mol. The smallest absolute Gasteiger partial charge is 0.331 e. The molecule has 1 aromatic carbocycles. The molecule has 3 N–H and O–H groups in total. The van der Waals surface area contributed by atoms with Crippen molar-refractivity contribution < 1.29 is 34.4 Å². The topological polar surface area (TPSA) is 113 Å². The number of phenolic OH excluding ortho intramolecular Hbond substituents is 1. The van der Waals surface area contributed by atoms with Gasteiger partial charge >= 0.3 is 11.9 Å². The number of carboxylic acids is 1. The minimum Gasteiger partial charge on any atom is -0.504 e. The van der Waals surface area contributed by atoms with Gasteiger partial charge in [0, 0.05) is 11.5 Å². The average molecular weight is 649 g/mol. The maximum Gasteiger partial charge on any atom is 0.331 e. The van der Waals surface area contributed by atoms with Gasteiger partial charge in [0.25, 0.3) is 0 Å². The van der Waals surface area contributed by atoms with Gasteiger partial charge in [0.2, 0.25) is 0 Å². The normalized spacial score (nSPS) is 43.9. The number of hydrogen-bond donors (Lipinski definition) is 3. The molecule has 0 heterocycles. The molecule has 0 aliphatic heterocycles. The van der Waals surface area contributed by atoms with Gasteiger partial charge in [0.1, 0.15) is 6.10 Å². The second-order valence-electron chi connectivity index (χ2n) is 17.3. The second kappa shape index (κ2) is 11.4. The first kappa shape index (κ1) is 34.1. The number of aromatic hydroxyl groups is 1. The van der Waals surface area contributed by atoms with Gasteiger partial charge in [-0.2, -0.15) is 0 Å². The second-order valence-corrected chi connectivity index (χ2v) is 17.3. The van der Waals surface area contributed by atoms with Crippen LogP contribution in [0.5, 0.6) is 11.5 Å². The summed E-state index contributed by atoms with van der Waals surface area (Å²) in [5.74, 6) is 0.705. The molecule has 1 aromatic rings. The highest BCUT2D eigenvalue weighted by atomic mass is 16.6. The van der Waals surface area contributed by atoms with Crippen LogP contribution >= 0.6 is 0 Å². The van der Waals surface area contributed by atoms with Crippen LogP contribution in [0.15, 0.2) is 35.9 Å². The van der Waals surface area contributed by atoms with E-state index in [2.05, 4.69) is 54.5 Å². The summed E-state index contributed by atoms with van der Waals surface area (Å²) >= 11 is 0. The number of aliphatic hydroxyl groups excluding tert-OH is 1. The first-order valence-electron chi connectivity index (χ1n) is 17.8. The van der Waals surface area contributed by atoms with Crippen LogP contribution in [0.2, 0.25) is 0 Å². The lowest BCUT2D eigenvalue weighted by atomic mass is 9.33. The molecule has 7 heteroatoms. The third-order valence-corrected chi connectivity index (χ3v) is 15.2. The fourth-order valence-corrected chi connectivity index (χ4v) is 12.3. The summed E-state index contributed by atoms with van der Waals surface area (Å²) in [4.78, 5) is 26.1. The van der Waals surface area contributed by atoms with E-state index in [0.717, 1.165) is 44.9 Å². The van der Waals surface area contributed by atoms with Gasteiger partial charge in [-0.25, -0.2) is 4.79 Å². The van der Waals surface area contributed by atoms with Crippen molar-refractivity contribution >= 4 is 18.0 Å². The van der Waals surface area contributed by atoms with Gasteiger partial charge in [0.15, 0.2) is 11.5 Å². The van der Waals surface area contributed by atoms with E-state index in [1.54, 1.807) is 18.2 Å². The molecular weight excluding hydrogens is 592 g/mol. The number of carbonyl (C=O) groups is 2. The molecule has 0 aromatic heterocycles. The van der Waals surface area contributed by atoms with Gasteiger partial charge in [-0.05, 0) is 121 Å². The van der Waals surface area contributed by atoms with E-state index in [1.165, 1.54) is 24.8 Å². The molecule has 0 bridgehead atoms. The number of esters is 1. The summed E-state index contributed by atoms with van der Waals surface area (Å²) in [6, 6.07) is 4.86. The average Bonchev–Trinajstić information content (AvgIpc) is 3.00. The van der Waals surface area contributed by atoms with Crippen molar-refractivity contribution in [2.24, 2.45) is 56.7 Å². The fraction of sp³-hybridized carbons (Fsp3) is 0.700. The number of hydrogen-bond acceptors (Lipinski definition) is 6. The number of allylic oxidation sites excluding steroid dienone is 2. The minimum atomic E-state index is -0.803. The van der Waals surface area contributed by atoms with Gasteiger partial charge in [-0.1, -0.05) is 66.2 Å². The van der Waals surface area contributed by atoms with Crippen LogP contribution in [0.4, 0.5) is 0 Å². The molecule has 2 unspecified atom stereocenters. The predicted octanol–water partition coefficient (Wildman–Crippen LogP) is 8.04. The SMILES string of the molecule is COc1cc(C=CC(=O)OC2[C@H](O)C[C@@]3(C)C(CC[C@]4(C)[C@@H]3CC=C3[C@@H]5[C@@H](C)[C@H](C)CC[C@]5(C(=O)O)CC[C@]34C)C2(C)C)ccc1O. The van der Waals surface area contributed by atoms with Crippen molar-refractivity contribution in [2.75, 3.05) is 7.11 Å². The molecule has 5 aliphatic carbocycles. The molecule has 47 heavy (non-hydrogen) atoms. The first-order chi connectivity index (χ1) is 22.0. The Bertz CT molecular complexity index is 1490. The number of carboxylic acid groups (broad SMARTS) is 1. The summed E-state index contributed by atoms with van der Waals surface area (Å²) < 4.78 is 11.3. The molecule has 4 fully saturated rings. The Morgan fingerprint density at radius 1 is 0.979 bits per heavy atom. The van der Waals surface area contributed by atoms with Gasteiger partial charge < -0.3 is 24.8 Å². The standard InChI is InChI=1S/C40H56O7/c1-23-15-18-40(35(44)45)20-19-38(6)26(33(40)24(23)2)11-13-31-37(5)22-28(42)34(36(3,4)30(37)16-17-39(31,38)7)47-32(43)14-10-25-9-12-27(41)29(21-25)46-8/h9-12,14,21,23-24,28,30-31,33-34,41-42H,13,15-20,22H2,1-8H3,(H,44,45)/t23-,24+,28-,30?,31-,33+,34?,37+,38-,39-,40+/m1/s1. The Morgan fingerprint density at radius 2 is 1.70 bits per heavy atom. The highest BCUT2D eigenvalue weighted by Gasteiger charge is 2.70. The van der Waals surface area contributed by atoms with Crippen LogP contribution in [0.1, 0.15) is 105 Å². The van der Waals surface area contributed by atoms with Crippen LogP contribution in [0.25, 0.3) is 6.08 Å². The molecular formula is C40H56O7. The number of rotatable bonds is 5. The quantitative estimate of drug-likeness (QED) is 0.168. The Balaban J connectivity index is 1.28. The molecule has 6 rings (SSSR count). The number of fused-ring (bicyclic) bond motifs is 7. The van der Waals surface area contributed by atoms with Gasteiger partial charge in [0.05, 0.1) is 18.6 Å². The lowest BCUT2D eigenvalue weighted by Crippen LogP contribution is -2.67. The zero-order chi connectivity index (χ0) is 34.3. The van der Waals surface area contributed by atoms with Gasteiger partial charge in [-0.15, -0.1) is 0 Å². The van der Waals surface area contributed by atoms with E-state index in [9.17, 15) is 24.9 Å². The Morgan fingerprint density at radius 3 is 2.38 bits per heavy atom. The van der Waals surface area contributed by atoms with Crippen molar-refractivity contribution in [3.05, 3.63) is 41.5 Å². The fourth-order valence-electron chi connectivity index (χ4n) is 12.3. The number of ether oxygens (including phenoxy) is 2. The van der Waals surface area contributed by atoms with E-state index in [-0.39, 0.29) is 33.8 Å². The Kier molecular flexibility index (Phi) is 8.26. The molecule has 5 aliphatic rings. The molecule has 0 saturated heterocycles. The number of phenols is 1. The van der Waals surface area contributed by atoms with Crippen molar-refractivity contribution in [1.29, 1.82) is 0 Å². The summed E-state index contributed by atoms with van der Waals surface area (Å²) in [6.07, 6.45) is 10.9. The van der Waals surface area contributed by atoms with Crippen LogP contribution in [-0.4, -0.2) is 46.6 Å². The Labute approximate surface area is 280 Å². The van der Waals surface area contributed by atoms with Gasteiger partial charge in [-0.3, -0.25) is 4.79 Å². The van der Waals surface area contributed by atoms with E-state index < -0.39 is 35.0 Å². The number of aliphatic hydroxyl groups is 1. The summed E-state index contributed by atoms with van der Waals surface area (Å²) in [5, 5.41) is 32.4. The Hall–Kier alpha value is -2.80. The van der Waals surface area contributed by atoms with Crippen molar-refractivity contribution in [1.82, 2.24) is 0 Å².